The molecule has 138 valence electrons. The molecule has 0 aliphatic rings. The lowest BCUT2D eigenvalue weighted by Gasteiger charge is -2.13. The van der Waals surface area contributed by atoms with Gasteiger partial charge in [0, 0.05) is 18.7 Å². The molecule has 1 aromatic heterocycles. The van der Waals surface area contributed by atoms with E-state index in [1.807, 2.05) is 37.3 Å². The van der Waals surface area contributed by atoms with Crippen LogP contribution in [0.3, 0.4) is 0 Å². The SMILES string of the molecule is C[C@@H](CNC(=O)Cn1cnc2ccc([N+](=O)[O-])cc2c1=O)c1ccccc1. The first-order valence-electron chi connectivity index (χ1n) is 8.41. The van der Waals surface area contributed by atoms with Gasteiger partial charge in [0.1, 0.15) is 6.54 Å². The summed E-state index contributed by atoms with van der Waals surface area (Å²) >= 11 is 0. The summed E-state index contributed by atoms with van der Waals surface area (Å²) in [6.07, 6.45) is 1.27. The van der Waals surface area contributed by atoms with Crippen LogP contribution in [0.25, 0.3) is 10.9 Å². The molecule has 1 N–H and O–H groups in total. The van der Waals surface area contributed by atoms with E-state index >= 15 is 0 Å². The first-order chi connectivity index (χ1) is 13.0. The Balaban J connectivity index is 1.72. The van der Waals surface area contributed by atoms with Crippen molar-refractivity contribution in [2.75, 3.05) is 6.54 Å². The van der Waals surface area contributed by atoms with Gasteiger partial charge >= 0.3 is 0 Å². The Morgan fingerprint density at radius 1 is 1.26 bits per heavy atom. The third-order valence-electron chi connectivity index (χ3n) is 4.31. The predicted molar refractivity (Wildman–Crippen MR) is 101 cm³/mol. The summed E-state index contributed by atoms with van der Waals surface area (Å²) in [5, 5.41) is 13.8. The summed E-state index contributed by atoms with van der Waals surface area (Å²) in [4.78, 5) is 39.1. The lowest BCUT2D eigenvalue weighted by Crippen LogP contribution is -2.34. The molecule has 1 heterocycles. The zero-order valence-electron chi connectivity index (χ0n) is 14.7. The lowest BCUT2D eigenvalue weighted by molar-refractivity contribution is -0.384. The van der Waals surface area contributed by atoms with Gasteiger partial charge in [-0.15, -0.1) is 0 Å². The van der Waals surface area contributed by atoms with E-state index in [1.165, 1.54) is 24.5 Å². The molecule has 0 bridgehead atoms. The van der Waals surface area contributed by atoms with E-state index in [2.05, 4.69) is 10.3 Å². The molecule has 27 heavy (non-hydrogen) atoms. The van der Waals surface area contributed by atoms with E-state index in [4.69, 9.17) is 0 Å². The van der Waals surface area contributed by atoms with Crippen molar-refractivity contribution in [2.24, 2.45) is 0 Å². The maximum atomic E-state index is 12.5. The third-order valence-corrected chi connectivity index (χ3v) is 4.31. The lowest BCUT2D eigenvalue weighted by atomic mass is 10.0. The second kappa shape index (κ2) is 7.77. The fourth-order valence-electron chi connectivity index (χ4n) is 2.75. The first-order valence-corrected chi connectivity index (χ1v) is 8.41. The largest absolute Gasteiger partial charge is 0.354 e. The topological polar surface area (TPSA) is 107 Å². The minimum absolute atomic E-state index is 0.108. The molecule has 8 nitrogen and oxygen atoms in total. The fraction of sp³-hybridized carbons (Fsp3) is 0.211. The van der Waals surface area contributed by atoms with Crippen molar-refractivity contribution < 1.29 is 9.72 Å². The van der Waals surface area contributed by atoms with Crippen molar-refractivity contribution in [1.82, 2.24) is 14.9 Å². The van der Waals surface area contributed by atoms with Gasteiger partial charge in [-0.3, -0.25) is 24.3 Å². The number of benzene rings is 2. The van der Waals surface area contributed by atoms with Gasteiger partial charge in [-0.25, -0.2) is 4.98 Å². The molecule has 0 radical (unpaired) electrons. The molecule has 3 aromatic rings. The summed E-state index contributed by atoms with van der Waals surface area (Å²) in [6, 6.07) is 13.7. The minimum atomic E-state index is -0.575. The van der Waals surface area contributed by atoms with Crippen LogP contribution >= 0.6 is 0 Å². The number of hydrogen-bond acceptors (Lipinski definition) is 5. The molecule has 0 unspecified atom stereocenters. The maximum absolute atomic E-state index is 12.5. The van der Waals surface area contributed by atoms with Crippen LogP contribution in [-0.2, 0) is 11.3 Å². The monoisotopic (exact) mass is 366 g/mol. The van der Waals surface area contributed by atoms with Crippen molar-refractivity contribution in [2.45, 2.75) is 19.4 Å². The van der Waals surface area contributed by atoms with Crippen molar-refractivity contribution in [3.63, 3.8) is 0 Å². The van der Waals surface area contributed by atoms with Crippen LogP contribution in [0, 0.1) is 10.1 Å². The number of carbonyl (C=O) groups is 1. The van der Waals surface area contributed by atoms with Crippen LogP contribution in [-0.4, -0.2) is 26.9 Å². The minimum Gasteiger partial charge on any atom is -0.354 e. The number of aromatic nitrogens is 2. The molecule has 2 aromatic carbocycles. The number of hydrogen-bond donors (Lipinski definition) is 1. The highest BCUT2D eigenvalue weighted by molar-refractivity contribution is 5.80. The number of nitrogens with zero attached hydrogens (tertiary/aromatic N) is 3. The van der Waals surface area contributed by atoms with Crippen molar-refractivity contribution in [3.05, 3.63) is 80.9 Å². The molecule has 0 spiro atoms. The summed E-state index contributed by atoms with van der Waals surface area (Å²) in [5.41, 5.74) is 0.768. The van der Waals surface area contributed by atoms with Crippen molar-refractivity contribution in [3.8, 4) is 0 Å². The van der Waals surface area contributed by atoms with Gasteiger partial charge < -0.3 is 5.32 Å². The summed E-state index contributed by atoms with van der Waals surface area (Å²) in [5.74, 6) is -0.198. The highest BCUT2D eigenvalue weighted by Gasteiger charge is 2.13. The number of non-ortho nitro benzene ring substituents is 1. The number of amides is 1. The first kappa shape index (κ1) is 18.2. The summed E-state index contributed by atoms with van der Waals surface area (Å²) in [7, 11) is 0. The van der Waals surface area contributed by atoms with E-state index in [0.717, 1.165) is 10.1 Å². The molecule has 0 aliphatic carbocycles. The van der Waals surface area contributed by atoms with E-state index in [1.54, 1.807) is 0 Å². The van der Waals surface area contributed by atoms with Crippen molar-refractivity contribution in [1.29, 1.82) is 0 Å². The molecule has 0 fully saturated rings. The van der Waals surface area contributed by atoms with E-state index in [9.17, 15) is 19.7 Å². The summed E-state index contributed by atoms with van der Waals surface area (Å²) in [6.45, 7) is 2.23. The van der Waals surface area contributed by atoms with Gasteiger partial charge in [-0.1, -0.05) is 37.3 Å². The smallest absolute Gasteiger partial charge is 0.270 e. The van der Waals surface area contributed by atoms with Crippen LogP contribution in [0.4, 0.5) is 5.69 Å². The zero-order chi connectivity index (χ0) is 19.4. The van der Waals surface area contributed by atoms with E-state index < -0.39 is 10.5 Å². The zero-order valence-corrected chi connectivity index (χ0v) is 14.7. The van der Waals surface area contributed by atoms with Gasteiger partial charge in [0.05, 0.1) is 22.2 Å². The number of fused-ring (bicyclic) bond motifs is 1. The van der Waals surface area contributed by atoms with Crippen LogP contribution in [0.5, 0.6) is 0 Å². The normalized spacial score (nSPS) is 11.9. The fourth-order valence-corrected chi connectivity index (χ4v) is 2.75. The molecule has 1 amide bonds. The molecule has 8 heteroatoms. The Morgan fingerprint density at radius 3 is 2.70 bits per heavy atom. The number of nitro groups is 1. The van der Waals surface area contributed by atoms with Gasteiger partial charge in [-0.05, 0) is 17.5 Å². The van der Waals surface area contributed by atoms with Gasteiger partial charge in [0.2, 0.25) is 5.91 Å². The molecular weight excluding hydrogens is 348 g/mol. The Hall–Kier alpha value is -3.55. The average Bonchev–Trinajstić information content (AvgIpc) is 2.68. The molecule has 3 rings (SSSR count). The van der Waals surface area contributed by atoms with E-state index in [-0.39, 0.29) is 29.4 Å². The standard InChI is InChI=1S/C19H18N4O4/c1-13(14-5-3-2-4-6-14)10-20-18(24)11-22-12-21-17-8-7-15(23(26)27)9-16(17)19(22)25/h2-9,12-13H,10-11H2,1H3,(H,20,24)/t13-/m0/s1. The Bertz CT molecular complexity index is 1050. The predicted octanol–water partition coefficient (Wildman–Crippen LogP) is 2.22. The van der Waals surface area contributed by atoms with Crippen LogP contribution in [0.1, 0.15) is 18.4 Å². The van der Waals surface area contributed by atoms with Gasteiger partial charge in [0.25, 0.3) is 11.2 Å². The summed E-state index contributed by atoms with van der Waals surface area (Å²) < 4.78 is 1.15. The van der Waals surface area contributed by atoms with E-state index in [0.29, 0.717) is 12.1 Å². The quantitative estimate of drug-likeness (QED) is 0.532. The molecule has 1 atom stereocenters. The van der Waals surface area contributed by atoms with Gasteiger partial charge in [-0.2, -0.15) is 0 Å². The number of rotatable bonds is 6. The van der Waals surface area contributed by atoms with Gasteiger partial charge in [0.15, 0.2) is 0 Å². The number of carbonyl (C=O) groups excluding carboxylic acids is 1. The maximum Gasteiger partial charge on any atom is 0.270 e. The molecule has 0 saturated carbocycles. The number of nitro benzene ring substituents is 1. The van der Waals surface area contributed by atoms with Crippen LogP contribution in [0.2, 0.25) is 0 Å². The van der Waals surface area contributed by atoms with Crippen molar-refractivity contribution >= 4 is 22.5 Å². The molecule has 0 saturated heterocycles. The second-order valence-electron chi connectivity index (χ2n) is 6.25. The highest BCUT2D eigenvalue weighted by atomic mass is 16.6. The molecule has 0 aliphatic heterocycles. The molecular formula is C19H18N4O4. The van der Waals surface area contributed by atoms with Crippen LogP contribution in [0.15, 0.2) is 59.7 Å². The second-order valence-corrected chi connectivity index (χ2v) is 6.25. The Kier molecular flexibility index (Phi) is 5.25. The highest BCUT2D eigenvalue weighted by Crippen LogP contribution is 2.16. The Morgan fingerprint density at radius 2 is 2.00 bits per heavy atom. The number of nitrogens with one attached hydrogen (secondary N) is 1. The third kappa shape index (κ3) is 4.17. The van der Waals surface area contributed by atoms with Crippen LogP contribution < -0.4 is 10.9 Å². The average molecular weight is 366 g/mol. The Labute approximate surface area is 154 Å².